The fourth-order valence-corrected chi connectivity index (χ4v) is 2.97. The van der Waals surface area contributed by atoms with Crippen LogP contribution in [0.3, 0.4) is 0 Å². The Bertz CT molecular complexity index is 949. The number of hydrogen-bond acceptors (Lipinski definition) is 4. The zero-order valence-electron chi connectivity index (χ0n) is 13.3. The number of carboxylic acids is 1. The quantitative estimate of drug-likeness (QED) is 0.562. The van der Waals surface area contributed by atoms with Gasteiger partial charge in [0.05, 0.1) is 11.0 Å². The first-order chi connectivity index (χ1) is 12.4. The zero-order valence-corrected chi connectivity index (χ0v) is 16.4. The highest BCUT2D eigenvalue weighted by Gasteiger charge is 2.17. The summed E-state index contributed by atoms with van der Waals surface area (Å²) >= 11 is 6.76. The van der Waals surface area contributed by atoms with Crippen LogP contribution in [0.4, 0.5) is 5.82 Å². The van der Waals surface area contributed by atoms with Crippen molar-refractivity contribution in [2.24, 2.45) is 0 Å². The molecule has 26 heavy (non-hydrogen) atoms. The van der Waals surface area contributed by atoms with E-state index in [9.17, 15) is 9.59 Å². The molecule has 0 saturated carbocycles. The molecule has 0 fully saturated rings. The van der Waals surface area contributed by atoms with Crippen molar-refractivity contribution < 1.29 is 14.7 Å². The van der Waals surface area contributed by atoms with Crippen LogP contribution in [0.15, 0.2) is 51.7 Å². The van der Waals surface area contributed by atoms with Crippen LogP contribution >= 0.6 is 31.9 Å². The van der Waals surface area contributed by atoms with Crippen molar-refractivity contribution in [3.8, 4) is 0 Å². The molecule has 0 unspecified atom stereocenters. The van der Waals surface area contributed by atoms with Gasteiger partial charge in [-0.15, -0.1) is 0 Å². The summed E-state index contributed by atoms with van der Waals surface area (Å²) < 4.78 is 4.42. The molecule has 3 rings (SSSR count). The van der Waals surface area contributed by atoms with Gasteiger partial charge < -0.3 is 10.4 Å². The lowest BCUT2D eigenvalue weighted by Gasteiger charge is -2.05. The second-order valence-corrected chi connectivity index (χ2v) is 7.14. The summed E-state index contributed by atoms with van der Waals surface area (Å²) in [5.41, 5.74) is 1.20. The van der Waals surface area contributed by atoms with Gasteiger partial charge in [-0.25, -0.2) is 4.68 Å². The number of amides is 1. The minimum atomic E-state index is -1.08. The normalized spacial score (nSPS) is 10.7. The van der Waals surface area contributed by atoms with Gasteiger partial charge in [0.1, 0.15) is 12.2 Å². The summed E-state index contributed by atoms with van der Waals surface area (Å²) in [6.45, 7) is 0.146. The lowest BCUT2D eigenvalue weighted by atomic mass is 10.2. The molecule has 134 valence electrons. The van der Waals surface area contributed by atoms with E-state index in [0.29, 0.717) is 16.8 Å². The van der Waals surface area contributed by atoms with E-state index in [1.165, 1.54) is 12.3 Å². The number of halogens is 2. The van der Waals surface area contributed by atoms with Gasteiger partial charge in [-0.1, -0.05) is 28.1 Å². The summed E-state index contributed by atoms with van der Waals surface area (Å²) in [6.07, 6.45) is 3.13. The number of rotatable bonds is 6. The second kappa shape index (κ2) is 7.83. The number of carbonyl (C=O) groups is 2. The van der Waals surface area contributed by atoms with Gasteiger partial charge in [0.25, 0.3) is 5.91 Å². The topological polar surface area (TPSA) is 102 Å². The molecule has 10 heteroatoms. The first kappa shape index (κ1) is 18.3. The smallest absolute Gasteiger partial charge is 0.325 e. The van der Waals surface area contributed by atoms with E-state index < -0.39 is 18.4 Å². The predicted molar refractivity (Wildman–Crippen MR) is 101 cm³/mol. The van der Waals surface area contributed by atoms with Gasteiger partial charge in [-0.3, -0.25) is 14.3 Å². The number of carbonyl (C=O) groups excluding carboxylic acids is 1. The number of nitrogens with one attached hydrogen (secondary N) is 1. The molecule has 0 aliphatic heterocycles. The number of carboxylic acid groups (broad SMARTS) is 1. The minimum Gasteiger partial charge on any atom is -0.480 e. The zero-order chi connectivity index (χ0) is 18.7. The monoisotopic (exact) mass is 481 g/mol. The van der Waals surface area contributed by atoms with E-state index in [0.717, 1.165) is 14.7 Å². The molecule has 0 aliphatic carbocycles. The molecular weight excluding hydrogens is 470 g/mol. The van der Waals surface area contributed by atoms with E-state index in [4.69, 9.17) is 5.11 Å². The Morgan fingerprint density at radius 2 is 1.88 bits per heavy atom. The molecule has 1 aromatic carbocycles. The molecule has 2 heterocycles. The highest BCUT2D eigenvalue weighted by Crippen LogP contribution is 2.22. The van der Waals surface area contributed by atoms with Crippen molar-refractivity contribution in [1.82, 2.24) is 19.6 Å². The van der Waals surface area contributed by atoms with Gasteiger partial charge in [0.15, 0.2) is 5.82 Å². The number of nitrogens with zero attached hydrogens (tertiary/aromatic N) is 4. The van der Waals surface area contributed by atoms with Gasteiger partial charge in [-0.2, -0.15) is 10.2 Å². The largest absolute Gasteiger partial charge is 0.480 e. The molecular formula is C16H13Br2N5O3. The van der Waals surface area contributed by atoms with E-state index in [-0.39, 0.29) is 5.69 Å². The van der Waals surface area contributed by atoms with Crippen molar-refractivity contribution in [2.45, 2.75) is 13.1 Å². The van der Waals surface area contributed by atoms with Crippen LogP contribution in [0.5, 0.6) is 0 Å². The SMILES string of the molecule is O=C(O)Cn1nccc1C(=O)Nc1nn(Cc2ccc(Br)cc2)cc1Br. The molecule has 2 N–H and O–H groups in total. The third-order valence-corrected chi connectivity index (χ3v) is 4.55. The summed E-state index contributed by atoms with van der Waals surface area (Å²) in [5.74, 6) is -1.23. The van der Waals surface area contributed by atoms with Crippen LogP contribution in [-0.2, 0) is 17.9 Å². The molecule has 0 radical (unpaired) electrons. The molecule has 8 nitrogen and oxygen atoms in total. The molecule has 0 saturated heterocycles. The molecule has 1 amide bonds. The Kier molecular flexibility index (Phi) is 5.52. The molecule has 2 aromatic heterocycles. The number of aliphatic carboxylic acids is 1. The van der Waals surface area contributed by atoms with Crippen LogP contribution in [-0.4, -0.2) is 36.5 Å². The predicted octanol–water partition coefficient (Wildman–Crippen LogP) is 2.99. The van der Waals surface area contributed by atoms with Crippen LogP contribution in [0.1, 0.15) is 16.1 Å². The van der Waals surface area contributed by atoms with E-state index in [2.05, 4.69) is 47.4 Å². The molecule has 0 bridgehead atoms. The van der Waals surface area contributed by atoms with Crippen LogP contribution in [0.25, 0.3) is 0 Å². The molecule has 0 aliphatic rings. The van der Waals surface area contributed by atoms with E-state index in [1.807, 2.05) is 24.3 Å². The highest BCUT2D eigenvalue weighted by atomic mass is 79.9. The Labute approximate surface area is 165 Å². The lowest BCUT2D eigenvalue weighted by molar-refractivity contribution is -0.137. The fourth-order valence-electron chi connectivity index (χ4n) is 2.29. The number of aromatic nitrogens is 4. The summed E-state index contributed by atoms with van der Waals surface area (Å²) in [6, 6.07) is 9.29. The summed E-state index contributed by atoms with van der Waals surface area (Å²) in [4.78, 5) is 23.2. The Balaban J connectivity index is 1.73. The van der Waals surface area contributed by atoms with Crippen molar-refractivity contribution in [1.29, 1.82) is 0 Å². The summed E-state index contributed by atoms with van der Waals surface area (Å²) in [7, 11) is 0. The van der Waals surface area contributed by atoms with Gasteiger partial charge in [0.2, 0.25) is 0 Å². The van der Waals surface area contributed by atoms with Crippen molar-refractivity contribution in [3.63, 3.8) is 0 Å². The number of anilines is 1. The molecule has 0 atom stereocenters. The van der Waals surface area contributed by atoms with Crippen molar-refractivity contribution >= 4 is 49.6 Å². The minimum absolute atomic E-state index is 0.141. The average Bonchev–Trinajstić information content (AvgIpc) is 3.16. The van der Waals surface area contributed by atoms with Gasteiger partial charge in [0, 0.05) is 16.9 Å². The van der Waals surface area contributed by atoms with E-state index >= 15 is 0 Å². The van der Waals surface area contributed by atoms with E-state index in [1.54, 1.807) is 10.9 Å². The first-order valence-electron chi connectivity index (χ1n) is 7.45. The number of benzene rings is 1. The first-order valence-corrected chi connectivity index (χ1v) is 9.03. The third-order valence-electron chi connectivity index (χ3n) is 3.44. The maximum Gasteiger partial charge on any atom is 0.325 e. The average molecular weight is 483 g/mol. The van der Waals surface area contributed by atoms with Gasteiger partial charge >= 0.3 is 5.97 Å². The standard InChI is InChI=1S/C16H13Br2N5O3/c17-11-3-1-10(2-4-11)7-22-8-12(18)15(21-22)20-16(26)13-5-6-19-23(13)9-14(24)25/h1-6,8H,7,9H2,(H,24,25)(H,20,21,26). The lowest BCUT2D eigenvalue weighted by Crippen LogP contribution is -2.21. The Morgan fingerprint density at radius 3 is 2.58 bits per heavy atom. The number of hydrogen-bond donors (Lipinski definition) is 2. The second-order valence-electron chi connectivity index (χ2n) is 5.37. The maximum atomic E-state index is 12.4. The van der Waals surface area contributed by atoms with Crippen molar-refractivity contribution in [3.05, 3.63) is 62.9 Å². The molecule has 3 aromatic rings. The maximum absolute atomic E-state index is 12.4. The fraction of sp³-hybridized carbons (Fsp3) is 0.125. The Morgan fingerprint density at radius 1 is 1.15 bits per heavy atom. The summed E-state index contributed by atoms with van der Waals surface area (Å²) in [5, 5.41) is 19.7. The van der Waals surface area contributed by atoms with Crippen molar-refractivity contribution in [2.75, 3.05) is 5.32 Å². The third kappa shape index (κ3) is 4.38. The highest BCUT2D eigenvalue weighted by molar-refractivity contribution is 9.10. The van der Waals surface area contributed by atoms with Gasteiger partial charge in [-0.05, 0) is 39.7 Å². The molecule has 0 spiro atoms. The van der Waals surface area contributed by atoms with Crippen LogP contribution in [0, 0.1) is 0 Å². The Hall–Kier alpha value is -2.46. The van der Waals surface area contributed by atoms with Crippen LogP contribution in [0.2, 0.25) is 0 Å². The van der Waals surface area contributed by atoms with Crippen LogP contribution < -0.4 is 5.32 Å².